The van der Waals surface area contributed by atoms with Gasteiger partial charge in [0, 0.05) is 24.3 Å². The number of benzene rings is 1. The van der Waals surface area contributed by atoms with Crippen molar-refractivity contribution in [2.24, 2.45) is 5.92 Å². The van der Waals surface area contributed by atoms with Crippen LogP contribution in [-0.2, 0) is 29.1 Å². The monoisotopic (exact) mass is 411 g/mol. The number of carbonyl (C=O) groups excluding carboxylic acids is 3. The smallest absolute Gasteiger partial charge is 0.324 e. The summed E-state index contributed by atoms with van der Waals surface area (Å²) in [5, 5.41) is 10.0. The maximum absolute atomic E-state index is 12.5. The zero-order chi connectivity index (χ0) is 21.8. The highest BCUT2D eigenvalue weighted by Gasteiger charge is 2.28. The van der Waals surface area contributed by atoms with E-state index in [0.29, 0.717) is 24.4 Å². The number of anilines is 1. The highest BCUT2D eigenvalue weighted by Crippen LogP contribution is 2.18. The van der Waals surface area contributed by atoms with Gasteiger partial charge in [0.2, 0.25) is 11.8 Å². The summed E-state index contributed by atoms with van der Waals surface area (Å²) in [5.41, 5.74) is 4.63. The van der Waals surface area contributed by atoms with Crippen molar-refractivity contribution in [2.45, 2.75) is 53.6 Å². The van der Waals surface area contributed by atoms with Gasteiger partial charge >= 0.3 is 6.03 Å². The number of aryl methyl sites for hydroxylation is 1. The molecule has 0 unspecified atom stereocenters. The van der Waals surface area contributed by atoms with Gasteiger partial charge in [0.15, 0.2) is 0 Å². The predicted octanol–water partition coefficient (Wildman–Crippen LogP) is 2.78. The molecule has 2 N–H and O–H groups in total. The molecule has 1 aliphatic heterocycles. The molecular formula is C22H29N5O3. The number of aromatic nitrogens is 2. The molecule has 0 atom stereocenters. The highest BCUT2D eigenvalue weighted by atomic mass is 16.2. The Labute approximate surface area is 176 Å². The van der Waals surface area contributed by atoms with Crippen LogP contribution < -0.4 is 10.6 Å². The summed E-state index contributed by atoms with van der Waals surface area (Å²) in [4.78, 5) is 37.1. The molecule has 2 aromatic rings. The van der Waals surface area contributed by atoms with E-state index in [9.17, 15) is 14.4 Å². The lowest BCUT2D eigenvalue weighted by atomic mass is 10.1. The lowest BCUT2D eigenvalue weighted by Crippen LogP contribution is -2.30. The summed E-state index contributed by atoms with van der Waals surface area (Å²) < 4.78 is 2.02. The van der Waals surface area contributed by atoms with Gasteiger partial charge in [-0.15, -0.1) is 0 Å². The Morgan fingerprint density at radius 2 is 2.03 bits per heavy atom. The van der Waals surface area contributed by atoms with Gasteiger partial charge in [0.1, 0.15) is 0 Å². The van der Waals surface area contributed by atoms with Crippen LogP contribution in [0, 0.1) is 19.8 Å². The van der Waals surface area contributed by atoms with Crippen LogP contribution in [0.4, 0.5) is 10.5 Å². The van der Waals surface area contributed by atoms with Crippen molar-refractivity contribution in [1.29, 1.82) is 0 Å². The van der Waals surface area contributed by atoms with E-state index in [0.717, 1.165) is 29.1 Å². The van der Waals surface area contributed by atoms with Gasteiger partial charge in [-0.25, -0.2) is 4.79 Å². The number of hydrogen-bond acceptors (Lipinski definition) is 4. The first-order valence-electron chi connectivity index (χ1n) is 10.2. The summed E-state index contributed by atoms with van der Waals surface area (Å²) in [5.74, 6) is 0.170. The SMILES string of the molecule is Cc1nn(CC(C)C)c(C)c1CCC(=O)Nc1cccc(CN2C(=O)CNC2=O)c1. The average Bonchev–Trinajstić information content (AvgIpc) is 3.12. The molecule has 8 nitrogen and oxygen atoms in total. The summed E-state index contributed by atoms with van der Waals surface area (Å²) in [7, 11) is 0. The molecule has 0 saturated carbocycles. The molecule has 0 bridgehead atoms. The first-order valence-corrected chi connectivity index (χ1v) is 10.2. The lowest BCUT2D eigenvalue weighted by Gasteiger charge is -2.13. The number of carbonyl (C=O) groups is 3. The Morgan fingerprint density at radius 1 is 1.27 bits per heavy atom. The van der Waals surface area contributed by atoms with Crippen molar-refractivity contribution in [3.8, 4) is 0 Å². The normalized spacial score (nSPS) is 13.8. The third kappa shape index (κ3) is 5.06. The number of amides is 4. The van der Waals surface area contributed by atoms with Gasteiger partial charge < -0.3 is 10.6 Å². The number of imide groups is 1. The fourth-order valence-corrected chi connectivity index (χ4v) is 3.63. The molecule has 30 heavy (non-hydrogen) atoms. The van der Waals surface area contributed by atoms with E-state index in [-0.39, 0.29) is 24.9 Å². The van der Waals surface area contributed by atoms with E-state index >= 15 is 0 Å². The van der Waals surface area contributed by atoms with E-state index in [4.69, 9.17) is 0 Å². The van der Waals surface area contributed by atoms with E-state index in [1.165, 1.54) is 4.90 Å². The molecule has 160 valence electrons. The zero-order valence-electron chi connectivity index (χ0n) is 18.0. The molecule has 1 aromatic heterocycles. The number of hydrogen-bond donors (Lipinski definition) is 2. The summed E-state index contributed by atoms with van der Waals surface area (Å²) in [6.07, 6.45) is 0.982. The lowest BCUT2D eigenvalue weighted by molar-refractivity contribution is -0.125. The van der Waals surface area contributed by atoms with E-state index < -0.39 is 6.03 Å². The molecular weight excluding hydrogens is 382 g/mol. The Hall–Kier alpha value is -3.16. The van der Waals surface area contributed by atoms with Crippen LogP contribution in [-0.4, -0.2) is 39.1 Å². The van der Waals surface area contributed by atoms with E-state index in [2.05, 4.69) is 36.5 Å². The molecule has 0 spiro atoms. The molecule has 1 aromatic carbocycles. The fraction of sp³-hybridized carbons (Fsp3) is 0.455. The zero-order valence-corrected chi connectivity index (χ0v) is 18.0. The van der Waals surface area contributed by atoms with Gasteiger partial charge in [0.05, 0.1) is 18.8 Å². The highest BCUT2D eigenvalue weighted by molar-refractivity contribution is 6.01. The molecule has 0 radical (unpaired) electrons. The fourth-order valence-electron chi connectivity index (χ4n) is 3.63. The van der Waals surface area contributed by atoms with Gasteiger partial charge in [-0.2, -0.15) is 5.10 Å². The number of urea groups is 1. The molecule has 3 rings (SSSR count). The summed E-state index contributed by atoms with van der Waals surface area (Å²) in [6.45, 7) is 9.42. The van der Waals surface area contributed by atoms with Gasteiger partial charge in [-0.1, -0.05) is 26.0 Å². The predicted molar refractivity (Wildman–Crippen MR) is 114 cm³/mol. The quantitative estimate of drug-likeness (QED) is 0.653. The first-order chi connectivity index (χ1) is 14.2. The largest absolute Gasteiger partial charge is 0.329 e. The van der Waals surface area contributed by atoms with Crippen molar-refractivity contribution in [3.63, 3.8) is 0 Å². The minimum Gasteiger partial charge on any atom is -0.329 e. The Morgan fingerprint density at radius 3 is 2.70 bits per heavy atom. The second-order valence-corrected chi connectivity index (χ2v) is 8.11. The Bertz CT molecular complexity index is 948. The van der Waals surface area contributed by atoms with Crippen molar-refractivity contribution in [3.05, 3.63) is 46.8 Å². The molecule has 1 fully saturated rings. The Balaban J connectivity index is 1.59. The molecule has 1 saturated heterocycles. The van der Waals surface area contributed by atoms with Crippen LogP contribution in [0.2, 0.25) is 0 Å². The third-order valence-corrected chi connectivity index (χ3v) is 5.16. The molecule has 4 amide bonds. The number of nitrogens with zero attached hydrogens (tertiary/aromatic N) is 3. The summed E-state index contributed by atoms with van der Waals surface area (Å²) in [6, 6.07) is 6.81. The van der Waals surface area contributed by atoms with Crippen LogP contribution in [0.15, 0.2) is 24.3 Å². The third-order valence-electron chi connectivity index (χ3n) is 5.16. The average molecular weight is 412 g/mol. The van der Waals surface area contributed by atoms with Crippen molar-refractivity contribution in [2.75, 3.05) is 11.9 Å². The van der Waals surface area contributed by atoms with Crippen LogP contribution >= 0.6 is 0 Å². The van der Waals surface area contributed by atoms with Gasteiger partial charge in [-0.3, -0.25) is 19.2 Å². The minimum atomic E-state index is -0.391. The van der Waals surface area contributed by atoms with E-state index in [1.54, 1.807) is 18.2 Å². The number of nitrogens with one attached hydrogen (secondary N) is 2. The van der Waals surface area contributed by atoms with Crippen molar-refractivity contribution >= 4 is 23.5 Å². The molecule has 1 aliphatic rings. The topological polar surface area (TPSA) is 96.3 Å². The van der Waals surface area contributed by atoms with Crippen LogP contribution in [0.5, 0.6) is 0 Å². The van der Waals surface area contributed by atoms with Gasteiger partial charge in [0.25, 0.3) is 0 Å². The van der Waals surface area contributed by atoms with Gasteiger partial charge in [-0.05, 0) is 49.4 Å². The number of rotatable bonds is 8. The second kappa shape index (κ2) is 9.11. The standard InChI is InChI=1S/C22H29N5O3/c1-14(2)12-27-16(4)19(15(3)25-27)8-9-20(28)24-18-7-5-6-17(10-18)13-26-21(29)11-23-22(26)30/h5-7,10,14H,8-9,11-13H2,1-4H3,(H,23,30)(H,24,28). The Kier molecular flexibility index (Phi) is 6.54. The van der Waals surface area contributed by atoms with Crippen LogP contribution in [0.1, 0.15) is 42.8 Å². The maximum atomic E-state index is 12.5. The van der Waals surface area contributed by atoms with Crippen LogP contribution in [0.25, 0.3) is 0 Å². The molecule has 2 heterocycles. The summed E-state index contributed by atoms with van der Waals surface area (Å²) >= 11 is 0. The maximum Gasteiger partial charge on any atom is 0.324 e. The van der Waals surface area contributed by atoms with E-state index in [1.807, 2.05) is 17.7 Å². The molecule has 0 aliphatic carbocycles. The first kappa shape index (κ1) is 21.5. The van der Waals surface area contributed by atoms with Crippen molar-refractivity contribution in [1.82, 2.24) is 20.0 Å². The molecule has 8 heteroatoms. The second-order valence-electron chi connectivity index (χ2n) is 8.11. The van der Waals surface area contributed by atoms with Crippen molar-refractivity contribution < 1.29 is 14.4 Å². The minimum absolute atomic E-state index is 0.0296. The van der Waals surface area contributed by atoms with Crippen LogP contribution in [0.3, 0.4) is 0 Å².